The smallest absolute Gasteiger partial charge is 0.228 e. The van der Waals surface area contributed by atoms with Gasteiger partial charge < -0.3 is 14.9 Å². The molecule has 1 saturated heterocycles. The first-order valence-corrected chi connectivity index (χ1v) is 9.01. The van der Waals surface area contributed by atoms with E-state index in [-0.39, 0.29) is 11.7 Å². The molecule has 2 aromatic rings. The summed E-state index contributed by atoms with van der Waals surface area (Å²) in [4.78, 5) is 32.1. The summed E-state index contributed by atoms with van der Waals surface area (Å²) in [5, 5.41) is 8.86. The largest absolute Gasteiger partial charge is 0.388 e. The SMILES string of the molecule is O=C(/C=C/c1ccccc1N1CCN(C(=O)Cc2ccccn2)CC1)CO. The lowest BCUT2D eigenvalue weighted by Gasteiger charge is -2.36. The van der Waals surface area contributed by atoms with Gasteiger partial charge in [-0.15, -0.1) is 0 Å². The van der Waals surface area contributed by atoms with Crippen LogP contribution >= 0.6 is 0 Å². The van der Waals surface area contributed by atoms with Gasteiger partial charge in [-0.05, 0) is 35.9 Å². The van der Waals surface area contributed by atoms with Crippen LogP contribution in [0.3, 0.4) is 0 Å². The van der Waals surface area contributed by atoms with Crippen LogP contribution in [0.4, 0.5) is 5.69 Å². The molecule has 1 aliphatic heterocycles. The third-order valence-corrected chi connectivity index (χ3v) is 4.57. The zero-order chi connectivity index (χ0) is 19.1. The fourth-order valence-electron chi connectivity index (χ4n) is 3.12. The molecule has 0 spiro atoms. The highest BCUT2D eigenvalue weighted by Gasteiger charge is 2.22. The number of para-hydroxylation sites is 1. The van der Waals surface area contributed by atoms with Crippen molar-refractivity contribution < 1.29 is 14.7 Å². The van der Waals surface area contributed by atoms with E-state index in [1.54, 1.807) is 12.3 Å². The Morgan fingerprint density at radius 1 is 1.04 bits per heavy atom. The number of carbonyl (C=O) groups is 2. The zero-order valence-electron chi connectivity index (χ0n) is 15.1. The van der Waals surface area contributed by atoms with Gasteiger partial charge in [0, 0.05) is 43.8 Å². The van der Waals surface area contributed by atoms with Crippen molar-refractivity contribution in [3.63, 3.8) is 0 Å². The number of ketones is 1. The number of piperazine rings is 1. The molecule has 0 atom stereocenters. The Morgan fingerprint density at radius 3 is 2.48 bits per heavy atom. The van der Waals surface area contributed by atoms with Gasteiger partial charge in [0.25, 0.3) is 0 Å². The predicted octanol–water partition coefficient (Wildman–Crippen LogP) is 1.55. The van der Waals surface area contributed by atoms with Crippen LogP contribution in [-0.2, 0) is 16.0 Å². The molecular weight excluding hydrogens is 342 g/mol. The molecule has 6 heteroatoms. The first-order valence-electron chi connectivity index (χ1n) is 9.01. The van der Waals surface area contributed by atoms with Crippen LogP contribution in [0.5, 0.6) is 0 Å². The highest BCUT2D eigenvalue weighted by molar-refractivity contribution is 5.95. The van der Waals surface area contributed by atoms with E-state index in [4.69, 9.17) is 5.11 Å². The molecule has 0 bridgehead atoms. The second kappa shape index (κ2) is 9.09. The van der Waals surface area contributed by atoms with Crippen molar-refractivity contribution in [1.82, 2.24) is 9.88 Å². The van der Waals surface area contributed by atoms with Gasteiger partial charge in [-0.1, -0.05) is 24.3 Å². The van der Waals surface area contributed by atoms with E-state index in [9.17, 15) is 9.59 Å². The molecule has 27 heavy (non-hydrogen) atoms. The molecule has 3 rings (SSSR count). The summed E-state index contributed by atoms with van der Waals surface area (Å²) in [5.41, 5.74) is 2.73. The first-order chi connectivity index (χ1) is 13.2. The van der Waals surface area contributed by atoms with Gasteiger partial charge >= 0.3 is 0 Å². The number of nitrogens with zero attached hydrogens (tertiary/aromatic N) is 3. The summed E-state index contributed by atoms with van der Waals surface area (Å²) in [6, 6.07) is 13.4. The van der Waals surface area contributed by atoms with E-state index in [2.05, 4.69) is 9.88 Å². The molecule has 1 amide bonds. The van der Waals surface area contributed by atoms with Gasteiger partial charge in [-0.25, -0.2) is 0 Å². The van der Waals surface area contributed by atoms with Crippen LogP contribution in [0.1, 0.15) is 11.3 Å². The van der Waals surface area contributed by atoms with Gasteiger partial charge in [0.05, 0.1) is 6.42 Å². The van der Waals surface area contributed by atoms with Crippen molar-refractivity contribution >= 4 is 23.5 Å². The lowest BCUT2D eigenvalue weighted by Crippen LogP contribution is -2.49. The number of carbonyl (C=O) groups excluding carboxylic acids is 2. The normalized spacial score (nSPS) is 14.6. The molecule has 1 N–H and O–H groups in total. The molecular formula is C21H23N3O3. The standard InChI is InChI=1S/C21H23N3O3/c25-16-19(26)9-8-17-5-1-2-7-20(17)23-11-13-24(14-12-23)21(27)15-18-6-3-4-10-22-18/h1-10,25H,11-16H2/b9-8+. The summed E-state index contributed by atoms with van der Waals surface area (Å²) in [6.07, 6.45) is 5.15. The van der Waals surface area contributed by atoms with E-state index in [1.165, 1.54) is 6.08 Å². The number of aliphatic hydroxyl groups is 1. The Bertz CT molecular complexity index is 812. The van der Waals surface area contributed by atoms with Crippen molar-refractivity contribution in [2.75, 3.05) is 37.7 Å². The predicted molar refractivity (Wildman–Crippen MR) is 104 cm³/mol. The average molecular weight is 365 g/mol. The second-order valence-electron chi connectivity index (χ2n) is 6.38. The average Bonchev–Trinajstić information content (AvgIpc) is 2.73. The van der Waals surface area contributed by atoms with Crippen molar-refractivity contribution in [3.05, 3.63) is 66.0 Å². The Kier molecular flexibility index (Phi) is 6.33. The summed E-state index contributed by atoms with van der Waals surface area (Å²) in [6.45, 7) is 2.27. The van der Waals surface area contributed by atoms with Crippen LogP contribution in [0.15, 0.2) is 54.7 Å². The van der Waals surface area contributed by atoms with Crippen LogP contribution in [0.2, 0.25) is 0 Å². The number of aromatic nitrogens is 1. The number of aliphatic hydroxyl groups excluding tert-OH is 1. The molecule has 0 unspecified atom stereocenters. The molecule has 1 aromatic carbocycles. The molecule has 1 fully saturated rings. The topological polar surface area (TPSA) is 73.7 Å². The van der Waals surface area contributed by atoms with Crippen LogP contribution in [-0.4, -0.2) is 59.5 Å². The summed E-state index contributed by atoms with van der Waals surface area (Å²) in [7, 11) is 0. The van der Waals surface area contributed by atoms with Crippen molar-refractivity contribution in [1.29, 1.82) is 0 Å². The third kappa shape index (κ3) is 5.01. The summed E-state index contributed by atoms with van der Waals surface area (Å²) < 4.78 is 0. The fraction of sp³-hybridized carbons (Fsp3) is 0.286. The van der Waals surface area contributed by atoms with E-state index < -0.39 is 6.61 Å². The van der Waals surface area contributed by atoms with Crippen LogP contribution in [0.25, 0.3) is 6.08 Å². The number of amides is 1. The van der Waals surface area contributed by atoms with Crippen molar-refractivity contribution in [2.45, 2.75) is 6.42 Å². The van der Waals surface area contributed by atoms with Gasteiger partial charge in [-0.2, -0.15) is 0 Å². The lowest BCUT2D eigenvalue weighted by atomic mass is 10.1. The van der Waals surface area contributed by atoms with Gasteiger partial charge in [0.1, 0.15) is 6.61 Å². The van der Waals surface area contributed by atoms with E-state index in [0.29, 0.717) is 19.5 Å². The number of anilines is 1. The third-order valence-electron chi connectivity index (χ3n) is 4.57. The Balaban J connectivity index is 1.62. The number of hydrogen-bond acceptors (Lipinski definition) is 5. The van der Waals surface area contributed by atoms with Gasteiger partial charge in [0.2, 0.25) is 5.91 Å². The molecule has 0 aliphatic carbocycles. The minimum absolute atomic E-state index is 0.0927. The number of benzene rings is 1. The number of rotatable bonds is 6. The van der Waals surface area contributed by atoms with E-state index in [1.807, 2.05) is 47.4 Å². The summed E-state index contributed by atoms with van der Waals surface area (Å²) in [5.74, 6) is -0.232. The summed E-state index contributed by atoms with van der Waals surface area (Å²) >= 11 is 0. The lowest BCUT2D eigenvalue weighted by molar-refractivity contribution is -0.130. The van der Waals surface area contributed by atoms with E-state index in [0.717, 1.165) is 30.0 Å². The molecule has 140 valence electrons. The molecule has 1 aromatic heterocycles. The molecule has 2 heterocycles. The quantitative estimate of drug-likeness (QED) is 0.787. The highest BCUT2D eigenvalue weighted by Crippen LogP contribution is 2.23. The number of hydrogen-bond donors (Lipinski definition) is 1. The molecule has 0 radical (unpaired) electrons. The number of pyridine rings is 1. The molecule has 1 aliphatic rings. The monoisotopic (exact) mass is 365 g/mol. The van der Waals surface area contributed by atoms with Crippen molar-refractivity contribution in [2.24, 2.45) is 0 Å². The minimum Gasteiger partial charge on any atom is -0.388 e. The maximum atomic E-state index is 12.5. The first kappa shape index (κ1) is 18.8. The second-order valence-corrected chi connectivity index (χ2v) is 6.38. The maximum absolute atomic E-state index is 12.5. The maximum Gasteiger partial charge on any atom is 0.228 e. The molecule has 0 saturated carbocycles. The van der Waals surface area contributed by atoms with Crippen molar-refractivity contribution in [3.8, 4) is 0 Å². The Hall–Kier alpha value is -2.99. The van der Waals surface area contributed by atoms with E-state index >= 15 is 0 Å². The molecule has 6 nitrogen and oxygen atoms in total. The fourth-order valence-corrected chi connectivity index (χ4v) is 3.12. The van der Waals surface area contributed by atoms with Crippen LogP contribution < -0.4 is 4.90 Å². The Morgan fingerprint density at radius 2 is 1.78 bits per heavy atom. The van der Waals surface area contributed by atoms with Crippen LogP contribution in [0, 0.1) is 0 Å². The minimum atomic E-state index is -0.490. The van der Waals surface area contributed by atoms with Gasteiger partial charge in [-0.3, -0.25) is 14.6 Å². The van der Waals surface area contributed by atoms with Gasteiger partial charge in [0.15, 0.2) is 5.78 Å². The highest BCUT2D eigenvalue weighted by atomic mass is 16.3. The Labute approximate surface area is 158 Å². The zero-order valence-corrected chi connectivity index (χ0v) is 15.1.